The molecule has 0 radical (unpaired) electrons. The predicted octanol–water partition coefficient (Wildman–Crippen LogP) is 1.20. The molecule has 0 unspecified atom stereocenters. The molecule has 0 aliphatic rings. The summed E-state index contributed by atoms with van der Waals surface area (Å²) in [5.74, 6) is 1.47. The van der Waals surface area contributed by atoms with Crippen LogP contribution in [0.3, 0.4) is 0 Å². The van der Waals surface area contributed by atoms with Crippen molar-refractivity contribution in [3.8, 4) is 0 Å². The van der Waals surface area contributed by atoms with Gasteiger partial charge < -0.3 is 19.8 Å². The lowest BCUT2D eigenvalue weighted by molar-refractivity contribution is 0.105. The van der Waals surface area contributed by atoms with Gasteiger partial charge in [-0.05, 0) is 36.2 Å². The molecule has 0 fully saturated rings. The summed E-state index contributed by atoms with van der Waals surface area (Å²) in [6.45, 7) is 2.30. The fourth-order valence-electron chi connectivity index (χ4n) is 2.15. The molecule has 0 bridgehead atoms. The number of sulfonamides is 1. The zero-order valence-corrected chi connectivity index (χ0v) is 15.5. The number of primary sulfonamides is 1. The summed E-state index contributed by atoms with van der Waals surface area (Å²) in [4.78, 5) is 4.24. The molecule has 0 amide bonds. The van der Waals surface area contributed by atoms with Gasteiger partial charge in [0.2, 0.25) is 10.0 Å². The highest BCUT2D eigenvalue weighted by molar-refractivity contribution is 7.89. The number of rotatable bonds is 9. The van der Waals surface area contributed by atoms with Crippen molar-refractivity contribution in [3.05, 3.63) is 54.0 Å². The highest BCUT2D eigenvalue weighted by Gasteiger charge is 2.06. The number of aliphatic imine (C=N–C) groups is 1. The molecule has 1 aromatic carbocycles. The standard InChI is InChI=1S/C17H24N4O4S/c1-19-17(20-9-3-10-24-13-15-4-2-11-25-15)21-12-14-5-7-16(8-6-14)26(18,22)23/h2,4-8,11H,3,9-10,12-13H2,1H3,(H2,18,22,23)(H2,19,20,21). The number of benzene rings is 1. The second-order valence-electron chi connectivity index (χ2n) is 5.53. The largest absolute Gasteiger partial charge is 0.467 e. The molecule has 8 nitrogen and oxygen atoms in total. The molecule has 0 atom stereocenters. The maximum Gasteiger partial charge on any atom is 0.238 e. The van der Waals surface area contributed by atoms with E-state index in [9.17, 15) is 8.42 Å². The van der Waals surface area contributed by atoms with Crippen molar-refractivity contribution >= 4 is 16.0 Å². The van der Waals surface area contributed by atoms with E-state index in [-0.39, 0.29) is 4.90 Å². The van der Waals surface area contributed by atoms with Gasteiger partial charge in [-0.1, -0.05) is 12.1 Å². The Kier molecular flexibility index (Phi) is 7.64. The summed E-state index contributed by atoms with van der Waals surface area (Å²) in [6.07, 6.45) is 2.45. The van der Waals surface area contributed by atoms with E-state index in [2.05, 4.69) is 15.6 Å². The van der Waals surface area contributed by atoms with E-state index < -0.39 is 10.0 Å². The highest BCUT2D eigenvalue weighted by atomic mass is 32.2. The maximum atomic E-state index is 11.2. The molecule has 9 heteroatoms. The molecule has 0 aliphatic heterocycles. The van der Waals surface area contributed by atoms with Crippen molar-refractivity contribution in [1.29, 1.82) is 0 Å². The van der Waals surface area contributed by atoms with Gasteiger partial charge in [-0.2, -0.15) is 0 Å². The van der Waals surface area contributed by atoms with E-state index in [0.717, 1.165) is 17.7 Å². The normalized spacial score (nSPS) is 12.2. The van der Waals surface area contributed by atoms with Crippen molar-refractivity contribution in [1.82, 2.24) is 10.6 Å². The molecular formula is C17H24N4O4S. The molecule has 0 spiro atoms. The lowest BCUT2D eigenvalue weighted by Gasteiger charge is -2.12. The van der Waals surface area contributed by atoms with Gasteiger partial charge in [0.05, 0.1) is 11.2 Å². The predicted molar refractivity (Wildman–Crippen MR) is 99.0 cm³/mol. The molecule has 26 heavy (non-hydrogen) atoms. The monoisotopic (exact) mass is 380 g/mol. The number of nitrogens with zero attached hydrogens (tertiary/aromatic N) is 1. The molecule has 0 saturated carbocycles. The van der Waals surface area contributed by atoms with Crippen LogP contribution in [0.15, 0.2) is 57.0 Å². The SMILES string of the molecule is CN=C(NCCCOCc1ccco1)NCc1ccc(S(N)(=O)=O)cc1. The molecule has 4 N–H and O–H groups in total. The Balaban J connectivity index is 1.64. The van der Waals surface area contributed by atoms with Crippen molar-refractivity contribution < 1.29 is 17.6 Å². The van der Waals surface area contributed by atoms with Gasteiger partial charge >= 0.3 is 0 Å². The van der Waals surface area contributed by atoms with Gasteiger partial charge in [0.15, 0.2) is 5.96 Å². The lowest BCUT2D eigenvalue weighted by atomic mass is 10.2. The van der Waals surface area contributed by atoms with Crippen LogP contribution in [0.5, 0.6) is 0 Å². The number of hydrogen-bond donors (Lipinski definition) is 3. The Morgan fingerprint density at radius 3 is 2.62 bits per heavy atom. The third-order valence-electron chi connectivity index (χ3n) is 3.52. The van der Waals surface area contributed by atoms with E-state index >= 15 is 0 Å². The third-order valence-corrected chi connectivity index (χ3v) is 4.45. The van der Waals surface area contributed by atoms with Crippen LogP contribution in [0.25, 0.3) is 0 Å². The van der Waals surface area contributed by atoms with E-state index in [0.29, 0.717) is 32.3 Å². The minimum absolute atomic E-state index is 0.0957. The van der Waals surface area contributed by atoms with E-state index in [1.165, 1.54) is 12.1 Å². The average Bonchev–Trinajstić information content (AvgIpc) is 3.13. The average molecular weight is 380 g/mol. The fraction of sp³-hybridized carbons (Fsp3) is 0.353. The van der Waals surface area contributed by atoms with Crippen LogP contribution in [0.4, 0.5) is 0 Å². The lowest BCUT2D eigenvalue weighted by Crippen LogP contribution is -2.37. The van der Waals surface area contributed by atoms with Crippen molar-refractivity contribution in [2.24, 2.45) is 10.1 Å². The molecule has 0 saturated heterocycles. The van der Waals surface area contributed by atoms with Gasteiger partial charge in [0.1, 0.15) is 12.4 Å². The minimum atomic E-state index is -3.66. The zero-order valence-electron chi connectivity index (χ0n) is 14.6. The number of hydrogen-bond acceptors (Lipinski definition) is 5. The number of nitrogens with two attached hydrogens (primary N) is 1. The van der Waals surface area contributed by atoms with E-state index in [1.807, 2.05) is 12.1 Å². The van der Waals surface area contributed by atoms with Gasteiger partial charge in [-0.25, -0.2) is 13.6 Å². The minimum Gasteiger partial charge on any atom is -0.467 e. The van der Waals surface area contributed by atoms with Crippen molar-refractivity contribution in [3.63, 3.8) is 0 Å². The number of nitrogens with one attached hydrogen (secondary N) is 2. The van der Waals surface area contributed by atoms with E-state index in [4.69, 9.17) is 14.3 Å². The summed E-state index contributed by atoms with van der Waals surface area (Å²) in [5, 5.41) is 11.4. The van der Waals surface area contributed by atoms with Gasteiger partial charge in [-0.15, -0.1) is 0 Å². The molecule has 1 heterocycles. The van der Waals surface area contributed by atoms with Crippen LogP contribution in [-0.2, 0) is 27.9 Å². The summed E-state index contributed by atoms with van der Waals surface area (Å²) >= 11 is 0. The topological polar surface area (TPSA) is 119 Å². The van der Waals surface area contributed by atoms with Crippen LogP contribution in [0.1, 0.15) is 17.7 Å². The number of ether oxygens (including phenoxy) is 1. The van der Waals surface area contributed by atoms with Crippen LogP contribution < -0.4 is 15.8 Å². The molecule has 142 valence electrons. The second kappa shape index (κ2) is 9.95. The second-order valence-corrected chi connectivity index (χ2v) is 7.09. The first kappa shape index (κ1) is 20.0. The van der Waals surface area contributed by atoms with Crippen molar-refractivity contribution in [2.75, 3.05) is 20.2 Å². The molecule has 0 aliphatic carbocycles. The summed E-state index contributed by atoms with van der Waals surface area (Å²) < 4.78 is 33.2. The van der Waals surface area contributed by atoms with Crippen LogP contribution in [0.2, 0.25) is 0 Å². The Morgan fingerprint density at radius 1 is 1.23 bits per heavy atom. The first-order chi connectivity index (χ1) is 12.5. The quantitative estimate of drug-likeness (QED) is 0.342. The first-order valence-corrected chi connectivity index (χ1v) is 9.70. The molecule has 2 rings (SSSR count). The number of furan rings is 1. The Morgan fingerprint density at radius 2 is 2.00 bits per heavy atom. The Hall–Kier alpha value is -2.36. The maximum absolute atomic E-state index is 11.2. The third kappa shape index (κ3) is 6.87. The summed E-state index contributed by atoms with van der Waals surface area (Å²) in [6, 6.07) is 10.1. The van der Waals surface area contributed by atoms with E-state index in [1.54, 1.807) is 25.4 Å². The van der Waals surface area contributed by atoms with Crippen molar-refractivity contribution in [2.45, 2.75) is 24.5 Å². The number of guanidine groups is 1. The molecular weight excluding hydrogens is 356 g/mol. The van der Waals surface area contributed by atoms with Gasteiger partial charge in [0, 0.05) is 26.7 Å². The Bertz CT molecular complexity index is 787. The van der Waals surface area contributed by atoms with Gasteiger partial charge in [-0.3, -0.25) is 4.99 Å². The first-order valence-electron chi connectivity index (χ1n) is 8.15. The Labute approximate surface area is 153 Å². The van der Waals surface area contributed by atoms with Crippen LogP contribution in [0, 0.1) is 0 Å². The van der Waals surface area contributed by atoms with Gasteiger partial charge in [0.25, 0.3) is 0 Å². The van der Waals surface area contributed by atoms with Crippen LogP contribution in [-0.4, -0.2) is 34.6 Å². The van der Waals surface area contributed by atoms with Crippen LogP contribution >= 0.6 is 0 Å². The smallest absolute Gasteiger partial charge is 0.238 e. The summed E-state index contributed by atoms with van der Waals surface area (Å²) in [5.41, 5.74) is 0.919. The molecule has 1 aromatic heterocycles. The zero-order chi connectivity index (χ0) is 18.8. The molecule has 2 aromatic rings. The summed E-state index contributed by atoms with van der Waals surface area (Å²) in [7, 11) is -1.98. The highest BCUT2D eigenvalue weighted by Crippen LogP contribution is 2.08. The fourth-order valence-corrected chi connectivity index (χ4v) is 2.67.